The highest BCUT2D eigenvalue weighted by Crippen LogP contribution is 2.31. The Labute approximate surface area is 168 Å². The second-order valence-corrected chi connectivity index (χ2v) is 7.40. The Bertz CT molecular complexity index is 1120. The number of azo groups is 1. The van der Waals surface area contributed by atoms with Gasteiger partial charge in [0.1, 0.15) is 17.0 Å². The monoisotopic (exact) mass is 389 g/mol. The summed E-state index contributed by atoms with van der Waals surface area (Å²) in [5.41, 5.74) is 4.18. The lowest BCUT2D eigenvalue weighted by atomic mass is 10.2. The lowest BCUT2D eigenvalue weighted by Crippen LogP contribution is -2.25. The van der Waals surface area contributed by atoms with Gasteiger partial charge < -0.3 is 9.64 Å². The summed E-state index contributed by atoms with van der Waals surface area (Å²) in [5, 5.41) is 9.71. The van der Waals surface area contributed by atoms with Crippen molar-refractivity contribution in [3.05, 3.63) is 72.8 Å². The van der Waals surface area contributed by atoms with Gasteiger partial charge in [-0.3, -0.25) is 0 Å². The number of anilines is 2. The van der Waals surface area contributed by atoms with Gasteiger partial charge in [-0.25, -0.2) is 4.57 Å². The van der Waals surface area contributed by atoms with Crippen LogP contribution in [0.15, 0.2) is 83.0 Å². The van der Waals surface area contributed by atoms with E-state index in [1.54, 1.807) is 18.4 Å². The molecular formula is C22H21N4OS+. The van der Waals surface area contributed by atoms with Crippen molar-refractivity contribution in [2.75, 3.05) is 19.1 Å². The van der Waals surface area contributed by atoms with Gasteiger partial charge >= 0.3 is 5.13 Å². The molecule has 0 unspecified atom stereocenters. The van der Waals surface area contributed by atoms with Crippen LogP contribution in [0.2, 0.25) is 0 Å². The van der Waals surface area contributed by atoms with Gasteiger partial charge in [-0.1, -0.05) is 18.2 Å². The summed E-state index contributed by atoms with van der Waals surface area (Å²) < 4.78 is 8.47. The SMILES string of the molecule is COc1ccc2c(c1)sc(N=Nc1ccc(N(C)c3ccccc3)cc1)[n+]2C. The fourth-order valence-electron chi connectivity index (χ4n) is 2.98. The molecule has 6 heteroatoms. The molecule has 0 spiro atoms. The average Bonchev–Trinajstić information content (AvgIpc) is 3.07. The van der Waals surface area contributed by atoms with Gasteiger partial charge in [0, 0.05) is 24.5 Å². The number of hydrogen-bond donors (Lipinski definition) is 0. The van der Waals surface area contributed by atoms with Crippen LogP contribution in [-0.4, -0.2) is 14.2 Å². The van der Waals surface area contributed by atoms with Crippen LogP contribution in [0.4, 0.5) is 22.2 Å². The first-order valence-corrected chi connectivity index (χ1v) is 9.74. The van der Waals surface area contributed by atoms with E-state index in [1.165, 1.54) is 0 Å². The Morgan fingerprint density at radius 1 is 0.893 bits per heavy atom. The summed E-state index contributed by atoms with van der Waals surface area (Å²) in [6.07, 6.45) is 0. The Morgan fingerprint density at radius 2 is 1.61 bits per heavy atom. The quantitative estimate of drug-likeness (QED) is 0.314. The standard InChI is InChI=1S/C22H21N4OS/c1-25(17-7-5-4-6-8-17)18-11-9-16(10-12-18)23-24-22-26(2)20-14-13-19(27-3)15-21(20)28-22/h4-15H,1-3H3/q+1. The van der Waals surface area contributed by atoms with Gasteiger partial charge in [0.05, 0.1) is 24.0 Å². The predicted molar refractivity (Wildman–Crippen MR) is 115 cm³/mol. The molecule has 0 aliphatic carbocycles. The van der Waals surface area contributed by atoms with Gasteiger partial charge in [0.15, 0.2) is 0 Å². The number of thiazole rings is 1. The number of aromatic nitrogens is 1. The molecule has 0 aliphatic heterocycles. The zero-order chi connectivity index (χ0) is 19.5. The highest BCUT2D eigenvalue weighted by atomic mass is 32.1. The second-order valence-electron chi connectivity index (χ2n) is 6.39. The Kier molecular flexibility index (Phi) is 5.04. The molecule has 5 nitrogen and oxygen atoms in total. The van der Waals surface area contributed by atoms with Gasteiger partial charge in [0.25, 0.3) is 0 Å². The number of fused-ring (bicyclic) bond motifs is 1. The number of aryl methyl sites for hydroxylation is 1. The summed E-state index contributed by atoms with van der Waals surface area (Å²) in [7, 11) is 5.73. The van der Waals surface area contributed by atoms with Crippen molar-refractivity contribution in [2.45, 2.75) is 0 Å². The van der Waals surface area contributed by atoms with E-state index in [-0.39, 0.29) is 0 Å². The lowest BCUT2D eigenvalue weighted by Gasteiger charge is -2.19. The van der Waals surface area contributed by atoms with E-state index in [2.05, 4.69) is 46.4 Å². The molecular weight excluding hydrogens is 368 g/mol. The Balaban J connectivity index is 1.55. The van der Waals surface area contributed by atoms with Crippen LogP contribution in [-0.2, 0) is 7.05 Å². The summed E-state index contributed by atoms with van der Waals surface area (Å²) in [6, 6.07) is 24.4. The molecule has 3 aromatic carbocycles. The van der Waals surface area contributed by atoms with Crippen molar-refractivity contribution in [3.8, 4) is 5.75 Å². The maximum atomic E-state index is 5.30. The molecule has 140 valence electrons. The zero-order valence-electron chi connectivity index (χ0n) is 16.0. The average molecular weight is 390 g/mol. The minimum atomic E-state index is 0.820. The van der Waals surface area contributed by atoms with E-state index in [1.807, 2.05) is 60.1 Å². The number of ether oxygens (including phenoxy) is 1. The molecule has 0 bridgehead atoms. The van der Waals surface area contributed by atoms with Crippen molar-refractivity contribution in [2.24, 2.45) is 17.3 Å². The molecule has 0 saturated heterocycles. The van der Waals surface area contributed by atoms with Crippen LogP contribution < -0.4 is 14.2 Å². The van der Waals surface area contributed by atoms with E-state index >= 15 is 0 Å². The van der Waals surface area contributed by atoms with E-state index in [4.69, 9.17) is 4.74 Å². The third-order valence-corrected chi connectivity index (χ3v) is 5.73. The molecule has 0 amide bonds. The van der Waals surface area contributed by atoms with Crippen LogP contribution in [0, 0.1) is 0 Å². The van der Waals surface area contributed by atoms with Gasteiger partial charge in [-0.15, -0.1) is 0 Å². The maximum Gasteiger partial charge on any atom is 0.409 e. The molecule has 1 aromatic heterocycles. The molecule has 0 N–H and O–H groups in total. The summed E-state index contributed by atoms with van der Waals surface area (Å²) in [5.74, 6) is 0.843. The van der Waals surface area contributed by atoms with Crippen molar-refractivity contribution < 1.29 is 9.30 Å². The van der Waals surface area contributed by atoms with E-state index in [9.17, 15) is 0 Å². The molecule has 1 heterocycles. The van der Waals surface area contributed by atoms with E-state index < -0.39 is 0 Å². The molecule has 4 rings (SSSR count). The molecule has 0 aliphatic rings. The number of nitrogens with zero attached hydrogens (tertiary/aromatic N) is 4. The third-order valence-electron chi connectivity index (χ3n) is 4.65. The molecule has 0 fully saturated rings. The van der Waals surface area contributed by atoms with Crippen LogP contribution >= 0.6 is 11.3 Å². The number of hydrogen-bond acceptors (Lipinski definition) is 5. The zero-order valence-corrected chi connectivity index (χ0v) is 16.9. The smallest absolute Gasteiger partial charge is 0.409 e. The van der Waals surface area contributed by atoms with E-state index in [0.29, 0.717) is 0 Å². The van der Waals surface area contributed by atoms with Gasteiger partial charge in [-0.05, 0) is 65.0 Å². The normalized spacial score (nSPS) is 11.2. The highest BCUT2D eigenvalue weighted by Gasteiger charge is 2.16. The van der Waals surface area contributed by atoms with Gasteiger partial charge in [-0.2, -0.15) is 0 Å². The number of methoxy groups -OCH3 is 1. The molecule has 0 radical (unpaired) electrons. The van der Waals surface area contributed by atoms with Gasteiger partial charge in [0.2, 0.25) is 0 Å². The lowest BCUT2D eigenvalue weighted by molar-refractivity contribution is -0.627. The van der Waals surface area contributed by atoms with Crippen LogP contribution in [0.1, 0.15) is 0 Å². The first-order chi connectivity index (χ1) is 13.7. The van der Waals surface area contributed by atoms with E-state index in [0.717, 1.165) is 38.2 Å². The third kappa shape index (κ3) is 3.59. The largest absolute Gasteiger partial charge is 0.497 e. The number of para-hydroxylation sites is 1. The molecule has 0 atom stereocenters. The molecule has 0 saturated carbocycles. The summed E-state index contributed by atoms with van der Waals surface area (Å²) in [6.45, 7) is 0. The van der Waals surface area contributed by atoms with Crippen LogP contribution in [0.3, 0.4) is 0 Å². The second kappa shape index (κ2) is 7.78. The number of rotatable bonds is 5. The minimum absolute atomic E-state index is 0.820. The Morgan fingerprint density at radius 3 is 2.32 bits per heavy atom. The van der Waals surface area contributed by atoms with Crippen molar-refractivity contribution in [1.82, 2.24) is 0 Å². The fraction of sp³-hybridized carbons (Fsp3) is 0.136. The highest BCUT2D eigenvalue weighted by molar-refractivity contribution is 7.21. The topological polar surface area (TPSA) is 41.1 Å². The van der Waals surface area contributed by atoms with Crippen molar-refractivity contribution in [3.63, 3.8) is 0 Å². The first kappa shape index (κ1) is 18.1. The Hall–Kier alpha value is -3.25. The number of benzene rings is 3. The summed E-state index contributed by atoms with van der Waals surface area (Å²) >= 11 is 1.59. The predicted octanol–water partition coefficient (Wildman–Crippen LogP) is 5.92. The fourth-order valence-corrected chi connectivity index (χ4v) is 3.98. The van der Waals surface area contributed by atoms with Crippen LogP contribution in [0.5, 0.6) is 5.75 Å². The van der Waals surface area contributed by atoms with Crippen molar-refractivity contribution >= 4 is 43.7 Å². The maximum absolute atomic E-state index is 5.30. The molecule has 4 aromatic rings. The first-order valence-electron chi connectivity index (χ1n) is 8.93. The van der Waals surface area contributed by atoms with Crippen molar-refractivity contribution in [1.29, 1.82) is 0 Å². The van der Waals surface area contributed by atoms with Crippen LogP contribution in [0.25, 0.3) is 10.2 Å². The molecule has 28 heavy (non-hydrogen) atoms. The summed E-state index contributed by atoms with van der Waals surface area (Å²) in [4.78, 5) is 2.14. The minimum Gasteiger partial charge on any atom is -0.497 e.